The molecule has 184 valence electrons. The highest BCUT2D eigenvalue weighted by Gasteiger charge is 2.29. The minimum Gasteiger partial charge on any atom is -0.481 e. The van der Waals surface area contributed by atoms with Crippen LogP contribution in [0.25, 0.3) is 22.4 Å². The number of anilines is 1. The molecule has 2 aromatic carbocycles. The topological polar surface area (TPSA) is 92.6 Å². The van der Waals surface area contributed by atoms with Crippen LogP contribution in [0.2, 0.25) is 0 Å². The molecule has 2 aromatic heterocycles. The molecule has 9 heteroatoms. The number of halogens is 1. The molecule has 0 bridgehead atoms. The smallest absolute Gasteiger partial charge is 0.304 e. The van der Waals surface area contributed by atoms with Crippen LogP contribution in [0.4, 0.5) is 9.52 Å². The molecule has 0 unspecified atom stereocenters. The van der Waals surface area contributed by atoms with Crippen LogP contribution in [0, 0.1) is 11.0 Å². The summed E-state index contributed by atoms with van der Waals surface area (Å²) in [6.07, 6.45) is 1.55. The number of aromatic nitrogens is 2. The first-order valence-corrected chi connectivity index (χ1v) is 12.0. The standard InChI is InChI=1S/C27H24FN3O4S/c1-31(26(34)19(15-23(32)33)14-17-8-4-3-5-9-17)27-30-24(25(28)36-27)21-11-7-6-10-20(21)18-12-13-22(35-2)29-16-18/h3-13,16,19H,14-15H2,1-2H3,(H,32,33)/t19-/m1/s1. The molecule has 4 aromatic rings. The van der Waals surface area contributed by atoms with E-state index in [1.165, 1.54) is 19.1 Å². The zero-order valence-electron chi connectivity index (χ0n) is 19.7. The maximum atomic E-state index is 15.2. The predicted octanol–water partition coefficient (Wildman–Crippen LogP) is 5.32. The van der Waals surface area contributed by atoms with Gasteiger partial charge in [0.1, 0.15) is 5.69 Å². The number of methoxy groups -OCH3 is 1. The van der Waals surface area contributed by atoms with E-state index in [0.717, 1.165) is 28.0 Å². The highest BCUT2D eigenvalue weighted by molar-refractivity contribution is 7.14. The van der Waals surface area contributed by atoms with E-state index in [9.17, 15) is 14.7 Å². The lowest BCUT2D eigenvalue weighted by atomic mass is 9.95. The number of carboxylic acid groups (broad SMARTS) is 1. The van der Waals surface area contributed by atoms with Gasteiger partial charge >= 0.3 is 5.97 Å². The lowest BCUT2D eigenvalue weighted by molar-refractivity contribution is -0.140. The number of carbonyl (C=O) groups excluding carboxylic acids is 1. The second-order valence-electron chi connectivity index (χ2n) is 8.14. The van der Waals surface area contributed by atoms with Crippen LogP contribution >= 0.6 is 11.3 Å². The maximum absolute atomic E-state index is 15.2. The second-order valence-corrected chi connectivity index (χ2v) is 9.06. The average Bonchev–Trinajstić information content (AvgIpc) is 3.29. The second kappa shape index (κ2) is 11.1. The van der Waals surface area contributed by atoms with Crippen LogP contribution in [0.3, 0.4) is 0 Å². The van der Waals surface area contributed by atoms with Gasteiger partial charge in [0.15, 0.2) is 5.13 Å². The monoisotopic (exact) mass is 505 g/mol. The summed E-state index contributed by atoms with van der Waals surface area (Å²) in [7, 11) is 3.02. The number of rotatable bonds is 9. The summed E-state index contributed by atoms with van der Waals surface area (Å²) in [6, 6.07) is 20.0. The first kappa shape index (κ1) is 25.0. The van der Waals surface area contributed by atoms with Gasteiger partial charge in [-0.25, -0.2) is 9.97 Å². The third-order valence-corrected chi connectivity index (χ3v) is 6.65. The fourth-order valence-electron chi connectivity index (χ4n) is 3.93. The fourth-order valence-corrected chi connectivity index (χ4v) is 4.70. The Hall–Kier alpha value is -4.11. The SMILES string of the molecule is COc1ccc(-c2ccccc2-c2nc(N(C)C(=O)[C@@H](CC(=O)O)Cc3ccccc3)sc2F)cn1. The highest BCUT2D eigenvalue weighted by atomic mass is 32.1. The van der Waals surface area contributed by atoms with Crippen molar-refractivity contribution >= 4 is 28.3 Å². The number of pyridine rings is 1. The predicted molar refractivity (Wildman–Crippen MR) is 137 cm³/mol. The molecular formula is C27H24FN3O4S. The Morgan fingerprint density at radius 2 is 1.75 bits per heavy atom. The van der Waals surface area contributed by atoms with Crippen molar-refractivity contribution in [3.8, 4) is 28.3 Å². The molecule has 0 saturated heterocycles. The molecule has 1 atom stereocenters. The first-order valence-electron chi connectivity index (χ1n) is 11.2. The van der Waals surface area contributed by atoms with Gasteiger partial charge in [-0.15, -0.1) is 0 Å². The summed E-state index contributed by atoms with van der Waals surface area (Å²) >= 11 is 0.742. The van der Waals surface area contributed by atoms with E-state index >= 15 is 4.39 Å². The van der Waals surface area contributed by atoms with Crippen molar-refractivity contribution < 1.29 is 23.8 Å². The van der Waals surface area contributed by atoms with E-state index in [2.05, 4.69) is 9.97 Å². The summed E-state index contributed by atoms with van der Waals surface area (Å²) in [5.41, 5.74) is 2.99. The quantitative estimate of drug-likeness (QED) is 0.331. The number of nitrogens with zero attached hydrogens (tertiary/aromatic N) is 3. The molecule has 36 heavy (non-hydrogen) atoms. The molecule has 1 N–H and O–H groups in total. The van der Waals surface area contributed by atoms with E-state index in [-0.39, 0.29) is 23.7 Å². The van der Waals surface area contributed by atoms with Gasteiger partial charge in [0.05, 0.1) is 19.4 Å². The Balaban J connectivity index is 1.64. The first-order chi connectivity index (χ1) is 17.4. The Labute approximate surface area is 211 Å². The molecule has 0 fully saturated rings. The molecule has 0 spiro atoms. The number of hydrogen-bond acceptors (Lipinski definition) is 6. The van der Waals surface area contributed by atoms with Gasteiger partial charge in [0.25, 0.3) is 0 Å². The van der Waals surface area contributed by atoms with Gasteiger partial charge in [0, 0.05) is 30.4 Å². The minimum atomic E-state index is -1.08. The number of ether oxygens (including phenoxy) is 1. The van der Waals surface area contributed by atoms with Crippen molar-refractivity contribution in [2.24, 2.45) is 5.92 Å². The van der Waals surface area contributed by atoms with Crippen molar-refractivity contribution in [2.75, 3.05) is 19.1 Å². The normalized spacial score (nSPS) is 11.6. The molecule has 0 saturated carbocycles. The highest BCUT2D eigenvalue weighted by Crippen LogP contribution is 2.37. The number of amides is 1. The molecule has 7 nitrogen and oxygen atoms in total. The average molecular weight is 506 g/mol. The van der Waals surface area contributed by atoms with Gasteiger partial charge in [-0.2, -0.15) is 4.39 Å². The van der Waals surface area contributed by atoms with Gasteiger partial charge in [-0.05, 0) is 23.6 Å². The van der Waals surface area contributed by atoms with Crippen LogP contribution in [0.1, 0.15) is 12.0 Å². The number of aliphatic carboxylic acids is 1. The van der Waals surface area contributed by atoms with Gasteiger partial charge in [-0.1, -0.05) is 65.9 Å². The van der Waals surface area contributed by atoms with Crippen LogP contribution < -0.4 is 9.64 Å². The minimum absolute atomic E-state index is 0.110. The molecule has 4 rings (SSSR count). The fraction of sp³-hybridized carbons (Fsp3) is 0.185. The molecule has 0 aliphatic rings. The molecule has 1 amide bonds. The molecule has 0 radical (unpaired) electrons. The summed E-state index contributed by atoms with van der Waals surface area (Å²) < 4.78 is 20.3. The summed E-state index contributed by atoms with van der Waals surface area (Å²) in [5, 5.41) is 8.98. The largest absolute Gasteiger partial charge is 0.481 e. The van der Waals surface area contributed by atoms with E-state index in [1.807, 2.05) is 48.5 Å². The Bertz CT molecular complexity index is 1360. The number of hydrogen-bond donors (Lipinski definition) is 1. The van der Waals surface area contributed by atoms with Crippen molar-refractivity contribution in [2.45, 2.75) is 12.8 Å². The van der Waals surface area contributed by atoms with Crippen LogP contribution in [-0.4, -0.2) is 41.1 Å². The van der Waals surface area contributed by atoms with E-state index in [4.69, 9.17) is 4.74 Å². The zero-order valence-corrected chi connectivity index (χ0v) is 20.5. The Morgan fingerprint density at radius 1 is 1.06 bits per heavy atom. The Kier molecular flexibility index (Phi) is 7.70. The van der Waals surface area contributed by atoms with Crippen molar-refractivity contribution in [3.05, 3.63) is 83.6 Å². The van der Waals surface area contributed by atoms with Crippen LogP contribution in [0.5, 0.6) is 5.88 Å². The zero-order chi connectivity index (χ0) is 25.7. The van der Waals surface area contributed by atoms with Crippen LogP contribution in [0.15, 0.2) is 72.9 Å². The van der Waals surface area contributed by atoms with Crippen LogP contribution in [-0.2, 0) is 16.0 Å². The van der Waals surface area contributed by atoms with Crippen molar-refractivity contribution in [1.29, 1.82) is 0 Å². The van der Waals surface area contributed by atoms with Gasteiger partial charge in [-0.3, -0.25) is 14.5 Å². The summed E-state index contributed by atoms with van der Waals surface area (Å²) in [5.74, 6) is -1.87. The third kappa shape index (κ3) is 5.58. The van der Waals surface area contributed by atoms with Gasteiger partial charge < -0.3 is 9.84 Å². The lowest BCUT2D eigenvalue weighted by Gasteiger charge is -2.21. The summed E-state index contributed by atoms with van der Waals surface area (Å²) in [6.45, 7) is 0. The van der Waals surface area contributed by atoms with Gasteiger partial charge in [0.2, 0.25) is 16.9 Å². The number of benzene rings is 2. The molecular weight excluding hydrogens is 481 g/mol. The molecule has 0 aliphatic heterocycles. The van der Waals surface area contributed by atoms with E-state index in [0.29, 0.717) is 11.4 Å². The Morgan fingerprint density at radius 3 is 2.39 bits per heavy atom. The lowest BCUT2D eigenvalue weighted by Crippen LogP contribution is -2.35. The number of thiazole rings is 1. The summed E-state index contributed by atoms with van der Waals surface area (Å²) in [4.78, 5) is 34.7. The van der Waals surface area contributed by atoms with Crippen molar-refractivity contribution in [1.82, 2.24) is 9.97 Å². The molecule has 0 aliphatic carbocycles. The third-order valence-electron chi connectivity index (χ3n) is 5.73. The van der Waals surface area contributed by atoms with E-state index in [1.54, 1.807) is 24.4 Å². The van der Waals surface area contributed by atoms with Crippen molar-refractivity contribution in [3.63, 3.8) is 0 Å². The molecule has 2 heterocycles. The maximum Gasteiger partial charge on any atom is 0.304 e. The number of carbonyl (C=O) groups is 2. The number of carboxylic acids is 1. The van der Waals surface area contributed by atoms with E-state index < -0.39 is 22.9 Å².